The molecule has 0 heterocycles. The molecule has 0 aromatic heterocycles. The maximum absolute atomic E-state index is 3.48. The van der Waals surface area contributed by atoms with Crippen LogP contribution < -0.4 is 5.32 Å². The van der Waals surface area contributed by atoms with Gasteiger partial charge in [-0.15, -0.1) is 0 Å². The number of nitrogens with one attached hydrogen (secondary N) is 1. The molecule has 0 saturated heterocycles. The summed E-state index contributed by atoms with van der Waals surface area (Å²) in [4.78, 5) is 2.46. The van der Waals surface area contributed by atoms with Gasteiger partial charge in [0, 0.05) is 6.04 Å². The van der Waals surface area contributed by atoms with Crippen LogP contribution in [-0.4, -0.2) is 37.6 Å². The number of rotatable bonds is 9. The molecular formula is C13H30N2. The summed E-state index contributed by atoms with van der Waals surface area (Å²) in [6.07, 6.45) is 3.86. The van der Waals surface area contributed by atoms with Gasteiger partial charge >= 0.3 is 0 Å². The summed E-state index contributed by atoms with van der Waals surface area (Å²) >= 11 is 0. The van der Waals surface area contributed by atoms with Crippen LogP contribution in [0.1, 0.15) is 47.0 Å². The zero-order valence-electron chi connectivity index (χ0n) is 11.3. The minimum Gasteiger partial charge on any atom is -0.316 e. The normalized spacial score (nSPS) is 13.8. The molecule has 1 unspecified atom stereocenters. The lowest BCUT2D eigenvalue weighted by Crippen LogP contribution is -2.30. The molecule has 0 fully saturated rings. The zero-order chi connectivity index (χ0) is 11.7. The predicted molar refractivity (Wildman–Crippen MR) is 69.3 cm³/mol. The highest BCUT2D eigenvalue weighted by Crippen LogP contribution is 2.01. The Labute approximate surface area is 96.4 Å². The minimum absolute atomic E-state index is 0.730. The van der Waals surface area contributed by atoms with Crippen molar-refractivity contribution >= 4 is 0 Å². The molecule has 0 bridgehead atoms. The number of nitrogens with zero attached hydrogens (tertiary/aromatic N) is 1. The first-order valence-corrected chi connectivity index (χ1v) is 6.48. The average molecular weight is 214 g/mol. The van der Waals surface area contributed by atoms with E-state index in [-0.39, 0.29) is 0 Å². The molecule has 2 nitrogen and oxygen atoms in total. The Morgan fingerprint density at radius 1 is 1.13 bits per heavy atom. The van der Waals surface area contributed by atoms with Crippen molar-refractivity contribution in [3.8, 4) is 0 Å². The second-order valence-corrected chi connectivity index (χ2v) is 5.04. The molecule has 0 rings (SSSR count). The highest BCUT2D eigenvalue weighted by molar-refractivity contribution is 4.61. The Kier molecular flexibility index (Phi) is 9.12. The average Bonchev–Trinajstić information content (AvgIpc) is 2.21. The van der Waals surface area contributed by atoms with Crippen LogP contribution in [-0.2, 0) is 0 Å². The Balaban J connectivity index is 3.23. The molecule has 92 valence electrons. The monoisotopic (exact) mass is 214 g/mol. The summed E-state index contributed by atoms with van der Waals surface area (Å²) in [7, 11) is 2.23. The summed E-state index contributed by atoms with van der Waals surface area (Å²) in [6, 6.07) is 0.730. The standard InChI is InChI=1S/C13H30N2/c1-6-13(4)15(5)10-8-7-9-14-11-12(2)3/h12-14H,6-11H2,1-5H3. The smallest absolute Gasteiger partial charge is 0.00612 e. The van der Waals surface area contributed by atoms with Crippen LogP contribution in [0.15, 0.2) is 0 Å². The molecular weight excluding hydrogens is 184 g/mol. The van der Waals surface area contributed by atoms with Gasteiger partial charge in [0.2, 0.25) is 0 Å². The van der Waals surface area contributed by atoms with E-state index in [1.807, 2.05) is 0 Å². The molecule has 0 aliphatic rings. The van der Waals surface area contributed by atoms with E-state index >= 15 is 0 Å². The highest BCUT2D eigenvalue weighted by atomic mass is 15.1. The van der Waals surface area contributed by atoms with Crippen molar-refractivity contribution in [3.05, 3.63) is 0 Å². The molecule has 0 aliphatic carbocycles. The second-order valence-electron chi connectivity index (χ2n) is 5.04. The van der Waals surface area contributed by atoms with E-state index in [1.165, 1.54) is 32.4 Å². The van der Waals surface area contributed by atoms with Gasteiger partial charge in [0.1, 0.15) is 0 Å². The lowest BCUT2D eigenvalue weighted by atomic mass is 10.2. The van der Waals surface area contributed by atoms with Gasteiger partial charge in [-0.25, -0.2) is 0 Å². The molecule has 15 heavy (non-hydrogen) atoms. The van der Waals surface area contributed by atoms with E-state index in [0.717, 1.165) is 18.5 Å². The Bertz CT molecular complexity index is 134. The summed E-state index contributed by atoms with van der Waals surface area (Å²) in [6.45, 7) is 12.6. The van der Waals surface area contributed by atoms with Gasteiger partial charge in [-0.1, -0.05) is 20.8 Å². The fourth-order valence-corrected chi connectivity index (χ4v) is 1.53. The number of unbranched alkanes of at least 4 members (excludes halogenated alkanes) is 1. The third-order valence-electron chi connectivity index (χ3n) is 3.01. The van der Waals surface area contributed by atoms with Gasteiger partial charge < -0.3 is 10.2 Å². The van der Waals surface area contributed by atoms with Gasteiger partial charge in [0.05, 0.1) is 0 Å². The van der Waals surface area contributed by atoms with Crippen molar-refractivity contribution in [1.29, 1.82) is 0 Å². The molecule has 0 amide bonds. The molecule has 0 aromatic carbocycles. The van der Waals surface area contributed by atoms with Crippen molar-refractivity contribution in [2.75, 3.05) is 26.7 Å². The molecule has 2 heteroatoms. The minimum atomic E-state index is 0.730. The van der Waals surface area contributed by atoms with Gasteiger partial charge in [0.15, 0.2) is 0 Å². The van der Waals surface area contributed by atoms with Crippen LogP contribution in [0.5, 0.6) is 0 Å². The van der Waals surface area contributed by atoms with E-state index in [0.29, 0.717) is 0 Å². The van der Waals surface area contributed by atoms with Gasteiger partial charge in [-0.2, -0.15) is 0 Å². The first-order valence-electron chi connectivity index (χ1n) is 6.48. The van der Waals surface area contributed by atoms with Crippen LogP contribution in [0.2, 0.25) is 0 Å². The first-order chi connectivity index (χ1) is 7.07. The number of hydrogen-bond donors (Lipinski definition) is 1. The summed E-state index contributed by atoms with van der Waals surface area (Å²) in [5.41, 5.74) is 0. The summed E-state index contributed by atoms with van der Waals surface area (Å²) in [5.74, 6) is 0.771. The van der Waals surface area contributed by atoms with Crippen molar-refractivity contribution in [2.45, 2.75) is 53.0 Å². The molecule has 0 aliphatic heterocycles. The van der Waals surface area contributed by atoms with Crippen LogP contribution in [0.4, 0.5) is 0 Å². The topological polar surface area (TPSA) is 15.3 Å². The molecule has 1 N–H and O–H groups in total. The fraction of sp³-hybridized carbons (Fsp3) is 1.00. The molecule has 0 saturated carbocycles. The van der Waals surface area contributed by atoms with E-state index in [4.69, 9.17) is 0 Å². The van der Waals surface area contributed by atoms with Crippen LogP contribution in [0.25, 0.3) is 0 Å². The maximum Gasteiger partial charge on any atom is 0.00612 e. The molecule has 0 radical (unpaired) electrons. The second kappa shape index (κ2) is 9.17. The predicted octanol–water partition coefficient (Wildman–Crippen LogP) is 2.74. The lowest BCUT2D eigenvalue weighted by molar-refractivity contribution is 0.247. The van der Waals surface area contributed by atoms with E-state index < -0.39 is 0 Å². The van der Waals surface area contributed by atoms with Gasteiger partial charge in [-0.3, -0.25) is 0 Å². The SMILES string of the molecule is CCC(C)N(C)CCCCNCC(C)C. The molecule has 1 atom stereocenters. The number of hydrogen-bond acceptors (Lipinski definition) is 2. The van der Waals surface area contributed by atoms with E-state index in [1.54, 1.807) is 0 Å². The van der Waals surface area contributed by atoms with Crippen LogP contribution in [0, 0.1) is 5.92 Å². The maximum atomic E-state index is 3.48. The highest BCUT2D eigenvalue weighted by Gasteiger charge is 2.04. The Morgan fingerprint density at radius 2 is 1.80 bits per heavy atom. The Hall–Kier alpha value is -0.0800. The largest absolute Gasteiger partial charge is 0.316 e. The first kappa shape index (κ1) is 14.9. The lowest BCUT2D eigenvalue weighted by Gasteiger charge is -2.23. The fourth-order valence-electron chi connectivity index (χ4n) is 1.53. The van der Waals surface area contributed by atoms with Gasteiger partial charge in [-0.05, 0) is 58.8 Å². The van der Waals surface area contributed by atoms with Crippen LogP contribution in [0.3, 0.4) is 0 Å². The summed E-state index contributed by atoms with van der Waals surface area (Å²) in [5, 5.41) is 3.48. The van der Waals surface area contributed by atoms with E-state index in [2.05, 4.69) is 45.0 Å². The van der Waals surface area contributed by atoms with Gasteiger partial charge in [0.25, 0.3) is 0 Å². The third-order valence-corrected chi connectivity index (χ3v) is 3.01. The van der Waals surface area contributed by atoms with E-state index in [9.17, 15) is 0 Å². The Morgan fingerprint density at radius 3 is 2.33 bits per heavy atom. The zero-order valence-corrected chi connectivity index (χ0v) is 11.3. The summed E-state index contributed by atoms with van der Waals surface area (Å²) < 4.78 is 0. The molecule has 0 aromatic rings. The third kappa shape index (κ3) is 8.88. The van der Waals surface area contributed by atoms with Crippen molar-refractivity contribution in [1.82, 2.24) is 10.2 Å². The van der Waals surface area contributed by atoms with Crippen LogP contribution >= 0.6 is 0 Å². The van der Waals surface area contributed by atoms with Crippen molar-refractivity contribution < 1.29 is 0 Å². The quantitative estimate of drug-likeness (QED) is 0.594. The van der Waals surface area contributed by atoms with Crippen molar-refractivity contribution in [3.63, 3.8) is 0 Å². The van der Waals surface area contributed by atoms with Crippen molar-refractivity contribution in [2.24, 2.45) is 5.92 Å². The molecule has 0 spiro atoms.